The fraction of sp³-hybridized carbons (Fsp3) is 0.286. The van der Waals surface area contributed by atoms with Crippen molar-refractivity contribution in [3.63, 3.8) is 0 Å². The van der Waals surface area contributed by atoms with Gasteiger partial charge in [-0.15, -0.1) is 0 Å². The van der Waals surface area contributed by atoms with Gasteiger partial charge in [-0.25, -0.2) is 0 Å². The Labute approximate surface area is 100 Å². The number of rotatable bonds is 2. The number of phenolic OH excluding ortho intramolecular Hbond substituents is 1. The largest absolute Gasteiger partial charge is 0.507 e. The lowest BCUT2D eigenvalue weighted by atomic mass is 10.1. The predicted octanol–water partition coefficient (Wildman–Crippen LogP) is 2.32. The summed E-state index contributed by atoms with van der Waals surface area (Å²) in [5, 5.41) is 18.7. The van der Waals surface area contributed by atoms with E-state index in [9.17, 15) is 5.11 Å². The van der Waals surface area contributed by atoms with Gasteiger partial charge >= 0.3 is 0 Å². The van der Waals surface area contributed by atoms with Gasteiger partial charge in [-0.2, -0.15) is 0 Å². The molecule has 3 rings (SSSR count). The number of aromatic hydroxyl groups is 1. The van der Waals surface area contributed by atoms with Crippen LogP contribution in [0.25, 0.3) is 10.8 Å². The van der Waals surface area contributed by atoms with E-state index >= 15 is 0 Å². The second-order valence-corrected chi connectivity index (χ2v) is 4.51. The first kappa shape index (κ1) is 10.4. The van der Waals surface area contributed by atoms with E-state index in [-0.39, 0.29) is 0 Å². The topological polar surface area (TPSA) is 44.3 Å². The van der Waals surface area contributed by atoms with Gasteiger partial charge in [0.1, 0.15) is 5.75 Å². The van der Waals surface area contributed by atoms with Gasteiger partial charge in [0.15, 0.2) is 0 Å². The van der Waals surface area contributed by atoms with Gasteiger partial charge < -0.3 is 15.7 Å². The number of nitrogens with one attached hydrogen (secondary N) is 2. The van der Waals surface area contributed by atoms with Crippen molar-refractivity contribution < 1.29 is 5.11 Å². The van der Waals surface area contributed by atoms with E-state index in [1.165, 1.54) is 0 Å². The van der Waals surface area contributed by atoms with Crippen LogP contribution in [0.4, 0.5) is 5.69 Å². The van der Waals surface area contributed by atoms with Gasteiger partial charge in [0.2, 0.25) is 0 Å². The summed E-state index contributed by atoms with van der Waals surface area (Å²) in [5.41, 5.74) is 1.10. The summed E-state index contributed by atoms with van der Waals surface area (Å²) >= 11 is 0. The Morgan fingerprint density at radius 1 is 1.12 bits per heavy atom. The molecule has 0 aliphatic carbocycles. The third-order valence-electron chi connectivity index (χ3n) is 3.32. The molecule has 1 unspecified atom stereocenters. The normalized spacial score (nSPS) is 19.6. The van der Waals surface area contributed by atoms with Crippen molar-refractivity contribution in [1.82, 2.24) is 5.32 Å². The molecular weight excluding hydrogens is 212 g/mol. The van der Waals surface area contributed by atoms with Crippen LogP contribution in [0.5, 0.6) is 5.75 Å². The highest BCUT2D eigenvalue weighted by atomic mass is 16.3. The molecule has 1 atom stereocenters. The van der Waals surface area contributed by atoms with Crippen LogP contribution < -0.4 is 10.6 Å². The first-order valence-electron chi connectivity index (χ1n) is 6.02. The van der Waals surface area contributed by atoms with Crippen LogP contribution in [0.2, 0.25) is 0 Å². The molecule has 2 aromatic carbocycles. The zero-order valence-corrected chi connectivity index (χ0v) is 9.61. The van der Waals surface area contributed by atoms with Crippen molar-refractivity contribution >= 4 is 16.5 Å². The Kier molecular flexibility index (Phi) is 2.61. The van der Waals surface area contributed by atoms with Gasteiger partial charge in [-0.3, -0.25) is 0 Å². The van der Waals surface area contributed by atoms with Crippen molar-refractivity contribution in [2.75, 3.05) is 18.4 Å². The number of benzene rings is 2. The van der Waals surface area contributed by atoms with E-state index in [0.29, 0.717) is 11.8 Å². The molecule has 1 aliphatic heterocycles. The minimum absolute atomic E-state index is 0.343. The minimum atomic E-state index is 0.343. The van der Waals surface area contributed by atoms with Crippen LogP contribution in [0.3, 0.4) is 0 Å². The maximum Gasteiger partial charge on any atom is 0.123 e. The lowest BCUT2D eigenvalue weighted by Gasteiger charge is -2.15. The second-order valence-electron chi connectivity index (χ2n) is 4.51. The lowest BCUT2D eigenvalue weighted by molar-refractivity contribution is 0.481. The molecule has 3 N–H and O–H groups in total. The summed E-state index contributed by atoms with van der Waals surface area (Å²) in [7, 11) is 0. The smallest absolute Gasteiger partial charge is 0.123 e. The quantitative estimate of drug-likeness (QED) is 0.739. The van der Waals surface area contributed by atoms with Crippen molar-refractivity contribution in [1.29, 1.82) is 0 Å². The van der Waals surface area contributed by atoms with E-state index in [1.54, 1.807) is 6.07 Å². The number of hydrogen-bond donors (Lipinski definition) is 3. The Balaban J connectivity index is 2.01. The first-order valence-corrected chi connectivity index (χ1v) is 6.02. The molecule has 0 aromatic heterocycles. The Bertz CT molecular complexity index is 533. The van der Waals surface area contributed by atoms with E-state index in [1.807, 2.05) is 24.3 Å². The molecule has 3 nitrogen and oxygen atoms in total. The summed E-state index contributed by atoms with van der Waals surface area (Å²) < 4.78 is 0. The van der Waals surface area contributed by atoms with E-state index < -0.39 is 0 Å². The van der Waals surface area contributed by atoms with Crippen molar-refractivity contribution in [2.24, 2.45) is 0 Å². The molecule has 17 heavy (non-hydrogen) atoms. The SMILES string of the molecule is Oc1cccc2c(NC3CCNC3)cccc12. The molecule has 0 amide bonds. The average molecular weight is 228 g/mol. The second kappa shape index (κ2) is 4.26. The zero-order chi connectivity index (χ0) is 11.7. The van der Waals surface area contributed by atoms with Crippen molar-refractivity contribution in [2.45, 2.75) is 12.5 Å². The molecule has 1 saturated heterocycles. The van der Waals surface area contributed by atoms with Crippen molar-refractivity contribution in [3.05, 3.63) is 36.4 Å². The van der Waals surface area contributed by atoms with E-state index in [0.717, 1.165) is 36.0 Å². The monoisotopic (exact) mass is 228 g/mol. The maximum absolute atomic E-state index is 9.82. The number of fused-ring (bicyclic) bond motifs is 1. The molecule has 1 heterocycles. The maximum atomic E-state index is 9.82. The summed E-state index contributed by atoms with van der Waals surface area (Å²) in [5.74, 6) is 0.343. The average Bonchev–Trinajstić information content (AvgIpc) is 2.83. The fourth-order valence-corrected chi connectivity index (χ4v) is 2.42. The minimum Gasteiger partial charge on any atom is -0.507 e. The predicted molar refractivity (Wildman–Crippen MR) is 70.5 cm³/mol. The van der Waals surface area contributed by atoms with E-state index in [2.05, 4.69) is 16.7 Å². The summed E-state index contributed by atoms with van der Waals surface area (Å²) in [6.07, 6.45) is 1.15. The lowest BCUT2D eigenvalue weighted by Crippen LogP contribution is -2.22. The van der Waals surface area contributed by atoms with Crippen LogP contribution >= 0.6 is 0 Å². The van der Waals surface area contributed by atoms with Gasteiger partial charge in [0.25, 0.3) is 0 Å². The highest BCUT2D eigenvalue weighted by Crippen LogP contribution is 2.30. The molecule has 2 aromatic rings. The molecule has 1 fully saturated rings. The van der Waals surface area contributed by atoms with Gasteiger partial charge in [-0.05, 0) is 25.1 Å². The third kappa shape index (κ3) is 1.94. The number of hydrogen-bond acceptors (Lipinski definition) is 3. The van der Waals surface area contributed by atoms with Gasteiger partial charge in [0.05, 0.1) is 0 Å². The standard InChI is InChI=1S/C14H16N2O/c17-14-6-2-3-11-12(14)4-1-5-13(11)16-10-7-8-15-9-10/h1-6,10,15-17H,7-9H2. The van der Waals surface area contributed by atoms with Crippen LogP contribution in [0, 0.1) is 0 Å². The number of anilines is 1. The van der Waals surface area contributed by atoms with Gasteiger partial charge in [-0.1, -0.05) is 24.3 Å². The van der Waals surface area contributed by atoms with Crippen LogP contribution in [0.1, 0.15) is 6.42 Å². The van der Waals surface area contributed by atoms with Crippen LogP contribution in [-0.4, -0.2) is 24.2 Å². The molecule has 3 heteroatoms. The molecule has 0 radical (unpaired) electrons. The van der Waals surface area contributed by atoms with Gasteiger partial charge in [0, 0.05) is 29.0 Å². The van der Waals surface area contributed by atoms with E-state index in [4.69, 9.17) is 0 Å². The summed E-state index contributed by atoms with van der Waals surface area (Å²) in [4.78, 5) is 0. The summed E-state index contributed by atoms with van der Waals surface area (Å²) in [6, 6.07) is 12.1. The molecule has 0 saturated carbocycles. The number of phenols is 1. The Morgan fingerprint density at radius 2 is 1.94 bits per heavy atom. The van der Waals surface area contributed by atoms with Crippen LogP contribution in [-0.2, 0) is 0 Å². The highest BCUT2D eigenvalue weighted by molar-refractivity contribution is 5.97. The molecule has 0 bridgehead atoms. The Hall–Kier alpha value is -1.74. The molecule has 1 aliphatic rings. The molecule has 0 spiro atoms. The summed E-state index contributed by atoms with van der Waals surface area (Å²) in [6.45, 7) is 2.09. The Morgan fingerprint density at radius 3 is 2.76 bits per heavy atom. The highest BCUT2D eigenvalue weighted by Gasteiger charge is 2.14. The van der Waals surface area contributed by atoms with Crippen LogP contribution in [0.15, 0.2) is 36.4 Å². The fourth-order valence-electron chi connectivity index (χ4n) is 2.42. The molecule has 88 valence electrons. The third-order valence-corrected chi connectivity index (χ3v) is 3.32. The molecular formula is C14H16N2O. The van der Waals surface area contributed by atoms with Crippen molar-refractivity contribution in [3.8, 4) is 5.75 Å². The zero-order valence-electron chi connectivity index (χ0n) is 9.61. The first-order chi connectivity index (χ1) is 8.34.